The maximum Gasteiger partial charge on any atom is 0.170 e. The third-order valence-electron chi connectivity index (χ3n) is 11.8. The fourth-order valence-electron chi connectivity index (χ4n) is 9.12. The molecule has 13 aromatic rings. The van der Waals surface area contributed by atoms with Crippen LogP contribution in [0.5, 0.6) is 0 Å². The lowest BCUT2D eigenvalue weighted by molar-refractivity contribution is 0.668. The molecule has 0 aliphatic rings. The average Bonchev–Trinajstić information content (AvgIpc) is 3.96. The molecular formula is C53H30N4O2. The predicted octanol–water partition coefficient (Wildman–Crippen LogP) is 14.1. The zero-order valence-corrected chi connectivity index (χ0v) is 31.4. The van der Waals surface area contributed by atoms with E-state index in [2.05, 4.69) is 150 Å². The van der Waals surface area contributed by atoms with Gasteiger partial charge in [-0.15, -0.1) is 0 Å². The Labute approximate surface area is 336 Å². The van der Waals surface area contributed by atoms with Crippen molar-refractivity contribution in [1.82, 2.24) is 19.5 Å². The maximum absolute atomic E-state index is 6.90. The van der Waals surface area contributed by atoms with Crippen molar-refractivity contribution in [3.05, 3.63) is 182 Å². The summed E-state index contributed by atoms with van der Waals surface area (Å²) in [5, 5.41) is 11.0. The molecule has 0 amide bonds. The first-order chi connectivity index (χ1) is 29.2. The van der Waals surface area contributed by atoms with Crippen molar-refractivity contribution in [2.24, 2.45) is 0 Å². The van der Waals surface area contributed by atoms with Gasteiger partial charge >= 0.3 is 0 Å². The zero-order chi connectivity index (χ0) is 38.6. The van der Waals surface area contributed by atoms with Crippen LogP contribution in [0, 0.1) is 0 Å². The first-order valence-corrected chi connectivity index (χ1v) is 19.8. The fourth-order valence-corrected chi connectivity index (χ4v) is 9.12. The van der Waals surface area contributed by atoms with Crippen LogP contribution in [0.3, 0.4) is 0 Å². The summed E-state index contributed by atoms with van der Waals surface area (Å²) in [6, 6.07) is 63.3. The number of benzene rings is 9. The van der Waals surface area contributed by atoms with E-state index in [1.807, 2.05) is 36.4 Å². The van der Waals surface area contributed by atoms with Gasteiger partial charge in [0.1, 0.15) is 22.3 Å². The first kappa shape index (κ1) is 32.0. The fraction of sp³-hybridized carbons (Fsp3) is 0. The van der Waals surface area contributed by atoms with Crippen molar-refractivity contribution < 1.29 is 8.83 Å². The second kappa shape index (κ2) is 12.2. The van der Waals surface area contributed by atoms with Gasteiger partial charge in [-0.1, -0.05) is 127 Å². The number of hydrogen-bond acceptors (Lipinski definition) is 5. The number of aromatic nitrogens is 4. The van der Waals surface area contributed by atoms with Crippen LogP contribution in [0.2, 0.25) is 0 Å². The van der Waals surface area contributed by atoms with Crippen LogP contribution in [-0.2, 0) is 0 Å². The van der Waals surface area contributed by atoms with E-state index in [1.165, 1.54) is 10.8 Å². The summed E-state index contributed by atoms with van der Waals surface area (Å²) in [5.41, 5.74) is 8.72. The van der Waals surface area contributed by atoms with Gasteiger partial charge in [-0.2, -0.15) is 0 Å². The summed E-state index contributed by atoms with van der Waals surface area (Å²) in [7, 11) is 0. The predicted molar refractivity (Wildman–Crippen MR) is 240 cm³/mol. The van der Waals surface area contributed by atoms with Crippen LogP contribution in [0.15, 0.2) is 191 Å². The minimum atomic E-state index is 0.508. The summed E-state index contributed by atoms with van der Waals surface area (Å²) in [6.07, 6.45) is 0. The number of nitrogens with zero attached hydrogens (tertiary/aromatic N) is 4. The molecule has 0 spiro atoms. The van der Waals surface area contributed by atoms with Crippen LogP contribution >= 0.6 is 0 Å². The normalized spacial score (nSPS) is 12.1. The third kappa shape index (κ3) is 4.77. The molecular weight excluding hydrogens is 725 g/mol. The lowest BCUT2D eigenvalue weighted by atomic mass is 10.0. The van der Waals surface area contributed by atoms with Gasteiger partial charge in [0.05, 0.1) is 22.3 Å². The molecule has 0 saturated carbocycles. The standard InChI is InChI=1S/C53H30N4O2/c1-2-14-33-29-45-42(28-32(33)13-1)36-17-5-8-21-43(36)57(45)44-27-26-40-38-19-7-10-23-47(38)59-50(40)49(44)53-55-51(34-24-25-39-37-18-6-9-22-46(37)58-48(39)30-34)54-52(56-53)41-20-11-15-31-12-3-4-16-35(31)41/h1-30H. The summed E-state index contributed by atoms with van der Waals surface area (Å²) >= 11 is 0. The SMILES string of the molecule is c1ccc2cc3c(cc2c1)c1ccccc1n3-c1ccc2c(oc3ccccc32)c1-c1nc(-c2ccc3c(c2)oc2ccccc23)nc(-c2cccc3ccccc23)n1. The highest BCUT2D eigenvalue weighted by atomic mass is 16.3. The summed E-state index contributed by atoms with van der Waals surface area (Å²) in [6.45, 7) is 0. The smallest absolute Gasteiger partial charge is 0.170 e. The van der Waals surface area contributed by atoms with Crippen molar-refractivity contribution in [3.63, 3.8) is 0 Å². The second-order valence-corrected chi connectivity index (χ2v) is 15.1. The quantitative estimate of drug-likeness (QED) is 0.179. The highest BCUT2D eigenvalue weighted by Gasteiger charge is 2.25. The molecule has 274 valence electrons. The highest BCUT2D eigenvalue weighted by molar-refractivity contribution is 6.16. The summed E-state index contributed by atoms with van der Waals surface area (Å²) in [5.74, 6) is 1.61. The third-order valence-corrected chi connectivity index (χ3v) is 11.8. The highest BCUT2D eigenvalue weighted by Crippen LogP contribution is 2.44. The van der Waals surface area contributed by atoms with Gasteiger partial charge in [-0.05, 0) is 76.1 Å². The Morgan fingerprint density at radius 2 is 0.966 bits per heavy atom. The Bertz CT molecular complexity index is 3870. The van der Waals surface area contributed by atoms with E-state index in [9.17, 15) is 0 Å². The molecule has 0 atom stereocenters. The molecule has 59 heavy (non-hydrogen) atoms. The molecule has 4 heterocycles. The van der Waals surface area contributed by atoms with Crippen molar-refractivity contribution in [1.29, 1.82) is 0 Å². The lowest BCUT2D eigenvalue weighted by Gasteiger charge is -2.16. The van der Waals surface area contributed by atoms with Crippen LogP contribution in [-0.4, -0.2) is 19.5 Å². The molecule has 0 fully saturated rings. The average molecular weight is 755 g/mol. The molecule has 0 radical (unpaired) electrons. The van der Waals surface area contributed by atoms with Gasteiger partial charge in [0.15, 0.2) is 17.5 Å². The maximum atomic E-state index is 6.90. The van der Waals surface area contributed by atoms with Gasteiger partial charge in [-0.25, -0.2) is 15.0 Å². The van der Waals surface area contributed by atoms with Gasteiger partial charge in [0, 0.05) is 43.4 Å². The van der Waals surface area contributed by atoms with Crippen LogP contribution < -0.4 is 0 Å². The number of hydrogen-bond donors (Lipinski definition) is 0. The number of fused-ring (bicyclic) bond motifs is 11. The minimum absolute atomic E-state index is 0.508. The van der Waals surface area contributed by atoms with Gasteiger partial charge in [0.2, 0.25) is 0 Å². The Morgan fingerprint density at radius 1 is 0.356 bits per heavy atom. The first-order valence-electron chi connectivity index (χ1n) is 19.8. The zero-order valence-electron chi connectivity index (χ0n) is 31.4. The Hall–Kier alpha value is -8.09. The van der Waals surface area contributed by atoms with Crippen LogP contribution in [0.25, 0.3) is 127 Å². The molecule has 6 heteroatoms. The Balaban J connectivity index is 1.16. The number of para-hydroxylation sites is 3. The second-order valence-electron chi connectivity index (χ2n) is 15.1. The minimum Gasteiger partial charge on any atom is -0.456 e. The molecule has 0 N–H and O–H groups in total. The molecule has 0 bridgehead atoms. The van der Waals surface area contributed by atoms with Crippen molar-refractivity contribution >= 4 is 87.2 Å². The molecule has 6 nitrogen and oxygen atoms in total. The van der Waals surface area contributed by atoms with E-state index in [-0.39, 0.29) is 0 Å². The van der Waals surface area contributed by atoms with Crippen molar-refractivity contribution in [2.75, 3.05) is 0 Å². The van der Waals surface area contributed by atoms with Gasteiger partial charge < -0.3 is 13.4 Å². The molecule has 13 rings (SSSR count). The molecule has 0 aliphatic heterocycles. The monoisotopic (exact) mass is 754 g/mol. The lowest BCUT2D eigenvalue weighted by Crippen LogP contribution is -2.04. The van der Waals surface area contributed by atoms with Gasteiger partial charge in [-0.3, -0.25) is 0 Å². The van der Waals surface area contributed by atoms with Crippen LogP contribution in [0.1, 0.15) is 0 Å². The van der Waals surface area contributed by atoms with Crippen molar-refractivity contribution in [3.8, 4) is 39.9 Å². The van der Waals surface area contributed by atoms with E-state index < -0.39 is 0 Å². The van der Waals surface area contributed by atoms with Crippen molar-refractivity contribution in [2.45, 2.75) is 0 Å². The molecule has 0 aliphatic carbocycles. The molecule has 9 aromatic carbocycles. The molecule has 4 aromatic heterocycles. The Morgan fingerprint density at radius 3 is 1.81 bits per heavy atom. The van der Waals surface area contributed by atoms with E-state index in [0.717, 1.165) is 93.2 Å². The molecule has 0 unspecified atom stereocenters. The number of rotatable bonds is 4. The largest absolute Gasteiger partial charge is 0.456 e. The number of furan rings is 2. The van der Waals surface area contributed by atoms with E-state index in [4.69, 9.17) is 23.8 Å². The molecule has 0 saturated heterocycles. The van der Waals surface area contributed by atoms with E-state index >= 15 is 0 Å². The summed E-state index contributed by atoms with van der Waals surface area (Å²) < 4.78 is 15.6. The van der Waals surface area contributed by atoms with E-state index in [1.54, 1.807) is 0 Å². The van der Waals surface area contributed by atoms with E-state index in [0.29, 0.717) is 23.1 Å². The summed E-state index contributed by atoms with van der Waals surface area (Å²) in [4.78, 5) is 16.1. The Kier molecular flexibility index (Phi) is 6.63. The van der Waals surface area contributed by atoms with Crippen LogP contribution in [0.4, 0.5) is 0 Å². The topological polar surface area (TPSA) is 69.9 Å². The van der Waals surface area contributed by atoms with Gasteiger partial charge in [0.25, 0.3) is 0 Å².